The maximum absolute atomic E-state index is 13.5. The third-order valence-electron chi connectivity index (χ3n) is 6.72. The van der Waals surface area contributed by atoms with Gasteiger partial charge in [-0.05, 0) is 54.8 Å². The third kappa shape index (κ3) is 4.37. The maximum Gasteiger partial charge on any atom is 0.296 e. The Morgan fingerprint density at radius 2 is 1.89 bits per heavy atom. The lowest BCUT2D eigenvalue weighted by Gasteiger charge is -2.24. The number of aliphatic hydroxyl groups excluding tert-OH is 1. The summed E-state index contributed by atoms with van der Waals surface area (Å²) in [5, 5.41) is 12.4. The first-order valence-electron chi connectivity index (χ1n) is 12.4. The van der Waals surface area contributed by atoms with Crippen LogP contribution < -0.4 is 4.74 Å². The molecule has 0 bridgehead atoms. The van der Waals surface area contributed by atoms with E-state index in [4.69, 9.17) is 4.74 Å². The number of benzene rings is 2. The van der Waals surface area contributed by atoms with Crippen LogP contribution in [0.1, 0.15) is 55.1 Å². The van der Waals surface area contributed by atoms with Crippen LogP contribution >= 0.6 is 0 Å². The molecule has 1 saturated heterocycles. The lowest BCUT2D eigenvalue weighted by Crippen LogP contribution is -2.29. The number of hydrogen-bond donors (Lipinski definition) is 2. The number of carbonyl (C=O) groups excluding carboxylic acids is 2. The van der Waals surface area contributed by atoms with Crippen molar-refractivity contribution in [1.29, 1.82) is 0 Å². The number of pyridine rings is 1. The summed E-state index contributed by atoms with van der Waals surface area (Å²) in [6.07, 6.45) is 3.46. The molecule has 4 aromatic rings. The van der Waals surface area contributed by atoms with E-state index in [9.17, 15) is 14.7 Å². The second-order valence-corrected chi connectivity index (χ2v) is 9.38. The fraction of sp³-hybridized carbons (Fsp3) is 0.233. The number of Topliss-reactive ketones (excluding diaryl/α,β-unsaturated/α-hetero) is 1. The average molecular weight is 496 g/mol. The third-order valence-corrected chi connectivity index (χ3v) is 6.72. The molecule has 1 amide bonds. The smallest absolute Gasteiger partial charge is 0.296 e. The summed E-state index contributed by atoms with van der Waals surface area (Å²) in [5.41, 5.74) is 3.71. The number of ketones is 1. The maximum atomic E-state index is 13.5. The number of fused-ring (bicyclic) bond motifs is 1. The number of para-hydroxylation sites is 1. The van der Waals surface area contributed by atoms with Gasteiger partial charge < -0.3 is 19.7 Å². The van der Waals surface area contributed by atoms with Gasteiger partial charge in [0.05, 0.1) is 30.5 Å². The van der Waals surface area contributed by atoms with Crippen LogP contribution in [0.2, 0.25) is 0 Å². The number of H-pyrrole nitrogens is 1. The Morgan fingerprint density at radius 3 is 2.62 bits per heavy atom. The van der Waals surface area contributed by atoms with Crippen molar-refractivity contribution >= 4 is 28.4 Å². The van der Waals surface area contributed by atoms with Gasteiger partial charge in [0.1, 0.15) is 11.5 Å². The molecule has 7 nitrogen and oxygen atoms in total. The zero-order valence-electron chi connectivity index (χ0n) is 21.1. The average Bonchev–Trinajstić information content (AvgIpc) is 3.43. The van der Waals surface area contributed by atoms with Crippen molar-refractivity contribution < 1.29 is 19.4 Å². The molecule has 1 fully saturated rings. The van der Waals surface area contributed by atoms with E-state index in [1.807, 2.05) is 63.2 Å². The topological polar surface area (TPSA) is 95.5 Å². The highest BCUT2D eigenvalue weighted by Gasteiger charge is 2.47. The zero-order valence-corrected chi connectivity index (χ0v) is 21.1. The molecule has 2 aromatic heterocycles. The minimum atomic E-state index is -0.785. The highest BCUT2D eigenvalue weighted by atomic mass is 16.5. The highest BCUT2D eigenvalue weighted by Crippen LogP contribution is 2.43. The first-order valence-corrected chi connectivity index (χ1v) is 12.4. The molecule has 1 unspecified atom stereocenters. The number of nitrogens with zero attached hydrogens (tertiary/aromatic N) is 2. The van der Waals surface area contributed by atoms with E-state index in [2.05, 4.69) is 9.97 Å². The summed E-state index contributed by atoms with van der Waals surface area (Å²) in [7, 11) is 0. The molecule has 0 spiro atoms. The second kappa shape index (κ2) is 9.93. The van der Waals surface area contributed by atoms with Crippen molar-refractivity contribution in [3.63, 3.8) is 0 Å². The molecule has 0 radical (unpaired) electrons. The van der Waals surface area contributed by atoms with Crippen LogP contribution in [0.15, 0.2) is 78.6 Å². The van der Waals surface area contributed by atoms with Gasteiger partial charge in [0.25, 0.3) is 11.7 Å². The summed E-state index contributed by atoms with van der Waals surface area (Å²) in [6.45, 7) is 6.65. The van der Waals surface area contributed by atoms with Gasteiger partial charge in [-0.1, -0.05) is 38.1 Å². The van der Waals surface area contributed by atoms with Crippen molar-refractivity contribution in [3.05, 3.63) is 101 Å². The standard InChI is InChI=1S/C30H29N3O4/c1-4-37-25-13-12-19(15-22(25)18(2)3)28(34)26-27(23-16-32-24-11-6-5-10-21(23)24)33(30(36)29(26)35)17-20-9-7-8-14-31-20/h5-16,18,27,32,34H,4,17H2,1-3H3/b28-26+. The Balaban J connectivity index is 1.69. The normalized spacial score (nSPS) is 17.2. The van der Waals surface area contributed by atoms with Gasteiger partial charge >= 0.3 is 0 Å². The Labute approximate surface area is 215 Å². The number of aromatic nitrogens is 2. The molecule has 37 heavy (non-hydrogen) atoms. The molecule has 0 aliphatic carbocycles. The van der Waals surface area contributed by atoms with E-state index < -0.39 is 17.7 Å². The number of ether oxygens (including phenoxy) is 1. The predicted octanol–water partition coefficient (Wildman–Crippen LogP) is 5.71. The second-order valence-electron chi connectivity index (χ2n) is 9.38. The number of amides is 1. The SMILES string of the molecule is CCOc1ccc(/C(O)=C2\C(=O)C(=O)N(Cc3ccccn3)C2c2c[nH]c3ccccc23)cc1C(C)C. The van der Waals surface area contributed by atoms with Gasteiger partial charge in [-0.3, -0.25) is 14.6 Å². The largest absolute Gasteiger partial charge is 0.507 e. The van der Waals surface area contributed by atoms with Crippen LogP contribution in [-0.2, 0) is 16.1 Å². The molecule has 1 atom stereocenters. The Bertz CT molecular complexity index is 1500. The van der Waals surface area contributed by atoms with Crippen LogP contribution in [0, 0.1) is 0 Å². The molecule has 188 valence electrons. The van der Waals surface area contributed by atoms with Gasteiger partial charge in [0, 0.05) is 34.4 Å². The van der Waals surface area contributed by atoms with Crippen molar-refractivity contribution in [1.82, 2.24) is 14.9 Å². The van der Waals surface area contributed by atoms with Crippen LogP contribution in [0.5, 0.6) is 5.75 Å². The quantitative estimate of drug-likeness (QED) is 0.195. The van der Waals surface area contributed by atoms with Crippen molar-refractivity contribution in [2.24, 2.45) is 0 Å². The van der Waals surface area contributed by atoms with Gasteiger partial charge in [-0.15, -0.1) is 0 Å². The molecular formula is C30H29N3O4. The monoisotopic (exact) mass is 495 g/mol. The molecule has 0 saturated carbocycles. The number of rotatable bonds is 7. The summed E-state index contributed by atoms with van der Waals surface area (Å²) in [5.74, 6) is -0.730. The van der Waals surface area contributed by atoms with E-state index in [-0.39, 0.29) is 23.8 Å². The first kappa shape index (κ1) is 24.3. The van der Waals surface area contributed by atoms with Crippen molar-refractivity contribution in [2.45, 2.75) is 39.3 Å². The number of hydrogen-bond acceptors (Lipinski definition) is 5. The van der Waals surface area contributed by atoms with Gasteiger partial charge in [0.2, 0.25) is 0 Å². The van der Waals surface area contributed by atoms with Crippen LogP contribution in [-0.4, -0.2) is 38.3 Å². The molecule has 1 aliphatic heterocycles. The van der Waals surface area contributed by atoms with Gasteiger partial charge in [-0.2, -0.15) is 0 Å². The van der Waals surface area contributed by atoms with Crippen molar-refractivity contribution in [2.75, 3.05) is 6.61 Å². The van der Waals surface area contributed by atoms with E-state index >= 15 is 0 Å². The number of aromatic amines is 1. The van der Waals surface area contributed by atoms with E-state index in [0.717, 1.165) is 27.8 Å². The minimum Gasteiger partial charge on any atom is -0.507 e. The van der Waals surface area contributed by atoms with E-state index in [1.165, 1.54) is 4.90 Å². The van der Waals surface area contributed by atoms with Gasteiger partial charge in [-0.25, -0.2) is 0 Å². The van der Waals surface area contributed by atoms with Crippen LogP contribution in [0.4, 0.5) is 0 Å². The molecule has 3 heterocycles. The molecule has 1 aliphatic rings. The molecular weight excluding hydrogens is 466 g/mol. The molecule has 7 heteroatoms. The van der Waals surface area contributed by atoms with Crippen LogP contribution in [0.25, 0.3) is 16.7 Å². The van der Waals surface area contributed by atoms with E-state index in [1.54, 1.807) is 30.6 Å². The number of nitrogens with one attached hydrogen (secondary N) is 1. The summed E-state index contributed by atoms with van der Waals surface area (Å²) >= 11 is 0. The molecule has 2 aromatic carbocycles. The molecule has 2 N–H and O–H groups in total. The van der Waals surface area contributed by atoms with Gasteiger partial charge in [0.15, 0.2) is 0 Å². The Morgan fingerprint density at radius 1 is 1.11 bits per heavy atom. The number of aliphatic hydroxyl groups is 1. The summed E-state index contributed by atoms with van der Waals surface area (Å²) < 4.78 is 5.77. The Kier molecular flexibility index (Phi) is 6.53. The Hall–Kier alpha value is -4.39. The summed E-state index contributed by atoms with van der Waals surface area (Å²) in [6, 6.07) is 17.7. The molecule has 5 rings (SSSR count). The highest BCUT2D eigenvalue weighted by molar-refractivity contribution is 6.46. The summed E-state index contributed by atoms with van der Waals surface area (Å²) in [4.78, 5) is 36.0. The predicted molar refractivity (Wildman–Crippen MR) is 142 cm³/mol. The fourth-order valence-electron chi connectivity index (χ4n) is 4.94. The van der Waals surface area contributed by atoms with E-state index in [0.29, 0.717) is 17.9 Å². The van der Waals surface area contributed by atoms with Crippen molar-refractivity contribution in [3.8, 4) is 5.75 Å². The number of carbonyl (C=O) groups is 2. The lowest BCUT2D eigenvalue weighted by atomic mass is 9.93. The zero-order chi connectivity index (χ0) is 26.1. The number of likely N-dealkylation sites (tertiary alicyclic amines) is 1. The first-order chi connectivity index (χ1) is 17.9. The lowest BCUT2D eigenvalue weighted by molar-refractivity contribution is -0.140. The minimum absolute atomic E-state index is 0.0598. The fourth-order valence-corrected chi connectivity index (χ4v) is 4.94. The van der Waals surface area contributed by atoms with Crippen LogP contribution in [0.3, 0.4) is 0 Å².